The summed E-state index contributed by atoms with van der Waals surface area (Å²) in [5.41, 5.74) is 2.48. The average molecular weight is 669 g/mol. The Bertz CT molecular complexity index is 1660. The number of fused-ring (bicyclic) bond motifs is 6. The Kier molecular flexibility index (Phi) is 8.47. The lowest BCUT2D eigenvalue weighted by Crippen LogP contribution is -2.53. The molecule has 3 saturated heterocycles. The zero-order chi connectivity index (χ0) is 34.1. The molecule has 0 spiro atoms. The largest absolute Gasteiger partial charge is 0.507 e. The molecule has 6 N–H and O–H groups in total. The van der Waals surface area contributed by atoms with E-state index in [1.165, 1.54) is 25.3 Å². The maximum Gasteiger partial charge on any atom is 0.252 e. The van der Waals surface area contributed by atoms with Gasteiger partial charge in [0, 0.05) is 56.2 Å². The second-order valence-electron chi connectivity index (χ2n) is 13.1. The molecule has 0 saturated carbocycles. The lowest BCUT2D eigenvalue weighted by molar-refractivity contribution is -0.259. The minimum atomic E-state index is -2.13. The third kappa shape index (κ3) is 5.00. The van der Waals surface area contributed by atoms with Gasteiger partial charge in [-0.05, 0) is 31.2 Å². The molecule has 0 radical (unpaired) electrons. The second-order valence-corrected chi connectivity index (χ2v) is 13.1. The zero-order valence-electron chi connectivity index (χ0n) is 26.9. The van der Waals surface area contributed by atoms with E-state index in [0.29, 0.717) is 13.0 Å². The predicted octanol–water partition coefficient (Wildman–Crippen LogP) is 1.22. The molecule has 3 heterocycles. The molecule has 2 aromatic carbocycles. The van der Waals surface area contributed by atoms with Crippen molar-refractivity contribution in [3.8, 4) is 17.2 Å². The highest BCUT2D eigenvalue weighted by atomic mass is 16.7. The summed E-state index contributed by atoms with van der Waals surface area (Å²) < 4.78 is 35.8. The number of rotatable bonds is 7. The zero-order valence-corrected chi connectivity index (χ0v) is 26.9. The summed E-state index contributed by atoms with van der Waals surface area (Å²) >= 11 is 0. The average Bonchev–Trinajstić information content (AvgIpc) is 3.46. The number of hydrogen-bond acceptors (Lipinski definition) is 13. The fourth-order valence-corrected chi connectivity index (χ4v) is 8.32. The maximum atomic E-state index is 14.0. The van der Waals surface area contributed by atoms with Gasteiger partial charge in [-0.2, -0.15) is 0 Å². The Hall–Kier alpha value is -3.63. The summed E-state index contributed by atoms with van der Waals surface area (Å²) in [6.45, 7) is 2.57. The van der Waals surface area contributed by atoms with Gasteiger partial charge in [0.15, 0.2) is 18.4 Å². The molecule has 7 rings (SSSR count). The van der Waals surface area contributed by atoms with Gasteiger partial charge >= 0.3 is 0 Å². The third-order valence-electron chi connectivity index (χ3n) is 10.5. The Morgan fingerprint density at radius 3 is 2.56 bits per heavy atom. The van der Waals surface area contributed by atoms with Gasteiger partial charge in [-0.3, -0.25) is 14.4 Å². The highest BCUT2D eigenvalue weighted by Crippen LogP contribution is 2.53. The van der Waals surface area contributed by atoms with Crippen molar-refractivity contribution in [3.63, 3.8) is 0 Å². The first-order valence-electron chi connectivity index (χ1n) is 16.2. The molecule has 14 nitrogen and oxygen atoms in total. The van der Waals surface area contributed by atoms with Gasteiger partial charge in [-0.15, -0.1) is 0 Å². The van der Waals surface area contributed by atoms with Crippen LogP contribution in [0.2, 0.25) is 0 Å². The van der Waals surface area contributed by atoms with Crippen molar-refractivity contribution < 1.29 is 58.1 Å². The molecule has 2 aromatic rings. The molecule has 258 valence electrons. The number of phenols is 2. The number of carbonyl (C=O) groups is 3. The normalized spacial score (nSPS) is 33.6. The molecule has 1 amide bonds. The number of ketones is 2. The standard InChI is InChI=1S/C34H40N2O12/c1-14-30-17(15-7-10-45-32(44-3)31(15)48-30)11-21(46-14)47-20-13-34(42,33(41)36-9-8-35)12-18-23(20)29(40)25-24(27(18)38)26(37)16-5-4-6-19(43-2)22(16)28(25)39/h4-6,14-15,17,20-21,30-32,38,40,42H,7-13,35H2,1-3H3,(H,36,41)/t14-,15?,17+,20-,21+,30+,31-,32-,34-/m0/s1. The number of amides is 1. The minimum absolute atomic E-state index is 0.00788. The van der Waals surface area contributed by atoms with Gasteiger partial charge in [0.05, 0.1) is 48.7 Å². The highest BCUT2D eigenvalue weighted by Gasteiger charge is 2.56. The number of methoxy groups -OCH3 is 2. The molecule has 9 atom stereocenters. The molecule has 0 aromatic heterocycles. The summed E-state index contributed by atoms with van der Waals surface area (Å²) in [4.78, 5) is 41.1. The Balaban J connectivity index is 1.29. The Labute approximate surface area is 276 Å². The number of benzene rings is 2. The van der Waals surface area contributed by atoms with Gasteiger partial charge < -0.3 is 54.8 Å². The number of phenolic OH excluding ortho intramolecular Hbond substituents is 2. The molecule has 5 aliphatic rings. The van der Waals surface area contributed by atoms with Crippen LogP contribution >= 0.6 is 0 Å². The van der Waals surface area contributed by atoms with Crippen molar-refractivity contribution in [1.82, 2.24) is 5.32 Å². The van der Waals surface area contributed by atoms with Gasteiger partial charge in [0.2, 0.25) is 5.78 Å². The van der Waals surface area contributed by atoms with Crippen molar-refractivity contribution in [2.75, 3.05) is 33.9 Å². The number of carbonyl (C=O) groups excluding carboxylic acids is 3. The summed E-state index contributed by atoms with van der Waals surface area (Å²) in [6, 6.07) is 4.49. The number of hydrogen-bond donors (Lipinski definition) is 5. The SMILES string of the molecule is COc1cccc2c1C(=O)c1c(O)c3c(c(O)c1C2=O)C[C@@](O)(C(=O)NCCN)C[C@@H]3O[C@@H]1C[C@@H]2C3CCO[C@H](OC)[C@H]3O[C@@H]2[C@H](C)O1. The van der Waals surface area contributed by atoms with Gasteiger partial charge in [-0.25, -0.2) is 0 Å². The Morgan fingerprint density at radius 1 is 1.06 bits per heavy atom. The first-order chi connectivity index (χ1) is 23.0. The molecule has 1 unspecified atom stereocenters. The molecular weight excluding hydrogens is 628 g/mol. The van der Waals surface area contributed by atoms with Crippen molar-refractivity contribution in [1.29, 1.82) is 0 Å². The van der Waals surface area contributed by atoms with Crippen molar-refractivity contribution in [2.45, 2.75) is 75.2 Å². The van der Waals surface area contributed by atoms with Crippen LogP contribution in [0.4, 0.5) is 0 Å². The molecule has 3 aliphatic heterocycles. The third-order valence-corrected chi connectivity index (χ3v) is 10.5. The summed E-state index contributed by atoms with van der Waals surface area (Å²) in [6.07, 6.45) is -3.27. The van der Waals surface area contributed by atoms with Gasteiger partial charge in [0.25, 0.3) is 5.91 Å². The van der Waals surface area contributed by atoms with E-state index in [4.69, 9.17) is 34.2 Å². The lowest BCUT2D eigenvalue weighted by atomic mass is 9.72. The maximum absolute atomic E-state index is 14.0. The summed E-state index contributed by atoms with van der Waals surface area (Å²) in [7, 11) is 2.93. The van der Waals surface area contributed by atoms with Crippen molar-refractivity contribution in [2.24, 2.45) is 17.6 Å². The molecule has 2 aliphatic carbocycles. The van der Waals surface area contributed by atoms with E-state index >= 15 is 0 Å². The quantitative estimate of drug-likeness (QED) is 0.225. The van der Waals surface area contributed by atoms with Crippen LogP contribution < -0.4 is 15.8 Å². The number of aromatic hydroxyl groups is 2. The van der Waals surface area contributed by atoms with Gasteiger partial charge in [0.1, 0.15) is 29.0 Å². The summed E-state index contributed by atoms with van der Waals surface area (Å²) in [5.74, 6) is -3.17. The number of nitrogens with two attached hydrogens (primary N) is 1. The second kappa shape index (κ2) is 12.4. The van der Waals surface area contributed by atoms with Crippen LogP contribution in [0.25, 0.3) is 0 Å². The fraction of sp³-hybridized carbons (Fsp3) is 0.559. The summed E-state index contributed by atoms with van der Waals surface area (Å²) in [5, 5.41) is 37.9. The molecule has 3 fully saturated rings. The van der Waals surface area contributed by atoms with Gasteiger partial charge in [-0.1, -0.05) is 12.1 Å². The lowest BCUT2D eigenvalue weighted by Gasteiger charge is -2.43. The smallest absolute Gasteiger partial charge is 0.252 e. The molecule has 48 heavy (non-hydrogen) atoms. The predicted molar refractivity (Wildman–Crippen MR) is 165 cm³/mol. The van der Waals surface area contributed by atoms with Crippen LogP contribution in [-0.2, 0) is 34.9 Å². The number of nitrogens with one attached hydrogen (secondary N) is 1. The molecule has 0 bridgehead atoms. The first-order valence-corrected chi connectivity index (χ1v) is 16.2. The van der Waals surface area contributed by atoms with Crippen LogP contribution in [0.5, 0.6) is 17.2 Å². The van der Waals surface area contributed by atoms with E-state index in [9.17, 15) is 29.7 Å². The van der Waals surface area contributed by atoms with Crippen molar-refractivity contribution in [3.05, 3.63) is 51.6 Å². The van der Waals surface area contributed by atoms with E-state index in [2.05, 4.69) is 5.32 Å². The fourth-order valence-electron chi connectivity index (χ4n) is 8.32. The van der Waals surface area contributed by atoms with E-state index in [-0.39, 0.29) is 71.6 Å². The topological polar surface area (TPSA) is 205 Å². The van der Waals surface area contributed by atoms with Crippen LogP contribution in [0, 0.1) is 11.8 Å². The minimum Gasteiger partial charge on any atom is -0.507 e. The van der Waals surface area contributed by atoms with E-state index in [1.807, 2.05) is 6.92 Å². The van der Waals surface area contributed by atoms with E-state index in [0.717, 1.165) is 6.42 Å². The highest BCUT2D eigenvalue weighted by molar-refractivity contribution is 6.31. The van der Waals surface area contributed by atoms with Crippen molar-refractivity contribution >= 4 is 17.5 Å². The van der Waals surface area contributed by atoms with E-state index < -0.39 is 76.9 Å². The van der Waals surface area contributed by atoms with Crippen LogP contribution in [0.3, 0.4) is 0 Å². The first kappa shape index (κ1) is 32.9. The number of aliphatic hydroxyl groups is 1. The number of ether oxygens (including phenoxy) is 6. The molecule has 14 heteroatoms. The molecular formula is C34H40N2O12. The van der Waals surface area contributed by atoms with E-state index in [1.54, 1.807) is 7.11 Å². The van der Waals surface area contributed by atoms with Crippen LogP contribution in [-0.4, -0.2) is 103 Å². The Morgan fingerprint density at radius 2 is 1.83 bits per heavy atom. The monoisotopic (exact) mass is 668 g/mol. The van der Waals surface area contributed by atoms with Crippen LogP contribution in [0.15, 0.2) is 18.2 Å². The van der Waals surface area contributed by atoms with Crippen LogP contribution in [0.1, 0.15) is 75.3 Å².